The van der Waals surface area contributed by atoms with Crippen LogP contribution < -0.4 is 0 Å². The minimum Gasteiger partial charge on any atom is -0.330 e. The maximum Gasteiger partial charge on any atom is 0.152 e. The Kier molecular flexibility index (Phi) is 2.63. The van der Waals surface area contributed by atoms with Crippen LogP contribution in [0.25, 0.3) is 11.0 Å². The molecule has 0 unspecified atom stereocenters. The molecule has 0 saturated heterocycles. The van der Waals surface area contributed by atoms with E-state index in [0.29, 0.717) is 16.4 Å². The summed E-state index contributed by atoms with van der Waals surface area (Å²) in [4.78, 5) is 4.12. The molecule has 1 aliphatic carbocycles. The topological polar surface area (TPSA) is 41.6 Å². The zero-order valence-electron chi connectivity index (χ0n) is 9.66. The van der Waals surface area contributed by atoms with Gasteiger partial charge in [0.2, 0.25) is 0 Å². The van der Waals surface area contributed by atoms with Gasteiger partial charge in [0.15, 0.2) is 5.82 Å². The van der Waals surface area contributed by atoms with E-state index in [0.717, 1.165) is 24.9 Å². The van der Waals surface area contributed by atoms with Crippen molar-refractivity contribution in [3.05, 3.63) is 28.7 Å². The van der Waals surface area contributed by atoms with Crippen LogP contribution in [0.15, 0.2) is 22.9 Å². The Balaban J connectivity index is 2.01. The van der Waals surface area contributed by atoms with Crippen LogP contribution in [0.5, 0.6) is 0 Å². The number of aromatic nitrogens is 2. The second-order valence-corrected chi connectivity index (χ2v) is 5.88. The fraction of sp³-hybridized carbons (Fsp3) is 0.385. The van der Waals surface area contributed by atoms with Gasteiger partial charge in [-0.05, 0) is 25.0 Å². The lowest BCUT2D eigenvalue weighted by molar-refractivity contribution is 0.438. The molecule has 1 aromatic heterocycles. The monoisotopic (exact) mass is 307 g/mol. The van der Waals surface area contributed by atoms with Crippen LogP contribution in [0.4, 0.5) is 4.39 Å². The summed E-state index contributed by atoms with van der Waals surface area (Å²) in [7, 11) is 0. The highest BCUT2D eigenvalue weighted by Crippen LogP contribution is 2.50. The van der Waals surface area contributed by atoms with Gasteiger partial charge in [0.05, 0.1) is 17.9 Å². The summed E-state index contributed by atoms with van der Waals surface area (Å²) in [5.74, 6) is -0.316. The van der Waals surface area contributed by atoms with E-state index in [1.807, 2.05) is 10.6 Å². The fourth-order valence-corrected chi connectivity index (χ4v) is 2.73. The zero-order chi connectivity index (χ0) is 12.8. The van der Waals surface area contributed by atoms with Crippen LogP contribution in [-0.4, -0.2) is 9.55 Å². The van der Waals surface area contributed by atoms with Gasteiger partial charge in [-0.3, -0.25) is 0 Å². The van der Waals surface area contributed by atoms with E-state index < -0.39 is 0 Å². The predicted octanol–water partition coefficient (Wildman–Crippen LogP) is 3.63. The van der Waals surface area contributed by atoms with Gasteiger partial charge < -0.3 is 4.57 Å². The van der Waals surface area contributed by atoms with Gasteiger partial charge in [-0.25, -0.2) is 9.37 Å². The van der Waals surface area contributed by atoms with E-state index in [1.54, 1.807) is 6.33 Å². The molecule has 0 aliphatic heterocycles. The van der Waals surface area contributed by atoms with Crippen LogP contribution >= 0.6 is 15.9 Å². The summed E-state index contributed by atoms with van der Waals surface area (Å²) >= 11 is 3.29. The highest BCUT2D eigenvalue weighted by molar-refractivity contribution is 9.10. The Morgan fingerprint density at radius 3 is 2.94 bits per heavy atom. The molecule has 0 radical (unpaired) electrons. The van der Waals surface area contributed by atoms with Crippen LogP contribution in [0.3, 0.4) is 0 Å². The van der Waals surface area contributed by atoms with E-state index in [-0.39, 0.29) is 11.2 Å². The van der Waals surface area contributed by atoms with E-state index in [4.69, 9.17) is 5.26 Å². The first-order valence-corrected chi connectivity index (χ1v) is 6.60. The lowest BCUT2D eigenvalue weighted by Gasteiger charge is -2.12. The molecule has 0 amide bonds. The van der Waals surface area contributed by atoms with Gasteiger partial charge in [-0.1, -0.05) is 15.9 Å². The van der Waals surface area contributed by atoms with Gasteiger partial charge in [-0.15, -0.1) is 0 Å². The summed E-state index contributed by atoms with van der Waals surface area (Å²) in [6, 6.07) is 5.52. The second-order valence-electron chi connectivity index (χ2n) is 4.96. The van der Waals surface area contributed by atoms with Crippen LogP contribution in [0.1, 0.15) is 19.3 Å². The van der Waals surface area contributed by atoms with Crippen molar-refractivity contribution in [2.75, 3.05) is 0 Å². The fourth-order valence-electron chi connectivity index (χ4n) is 2.31. The molecular weight excluding hydrogens is 297 g/mol. The van der Waals surface area contributed by atoms with Gasteiger partial charge in [0, 0.05) is 22.9 Å². The first kappa shape index (κ1) is 11.7. The van der Waals surface area contributed by atoms with E-state index in [1.165, 1.54) is 6.07 Å². The van der Waals surface area contributed by atoms with Crippen LogP contribution in [-0.2, 0) is 6.54 Å². The minimum absolute atomic E-state index is 0.0845. The number of hydrogen-bond donors (Lipinski definition) is 0. The molecule has 92 valence electrons. The molecule has 3 rings (SSSR count). The Bertz CT molecular complexity index is 652. The molecule has 1 heterocycles. The maximum absolute atomic E-state index is 13.7. The summed E-state index contributed by atoms with van der Waals surface area (Å²) in [6.07, 6.45) is 4.36. The third kappa shape index (κ3) is 1.91. The SMILES string of the molecule is N#CCC1(Cn2cnc3c(F)cc(Br)cc32)CC1. The molecule has 0 bridgehead atoms. The molecule has 1 saturated carbocycles. The zero-order valence-corrected chi connectivity index (χ0v) is 11.2. The number of rotatable bonds is 3. The molecule has 18 heavy (non-hydrogen) atoms. The summed E-state index contributed by atoms with van der Waals surface area (Å²) in [5.41, 5.74) is 1.26. The second kappa shape index (κ2) is 4.06. The molecule has 1 aliphatic rings. The smallest absolute Gasteiger partial charge is 0.152 e. The first-order valence-electron chi connectivity index (χ1n) is 5.80. The number of nitrogens with zero attached hydrogens (tertiary/aromatic N) is 3. The number of benzene rings is 1. The highest BCUT2D eigenvalue weighted by atomic mass is 79.9. The molecule has 3 nitrogen and oxygen atoms in total. The first-order chi connectivity index (χ1) is 8.63. The van der Waals surface area contributed by atoms with Crippen molar-refractivity contribution in [3.63, 3.8) is 0 Å². The molecular formula is C13H11BrFN3. The Morgan fingerprint density at radius 1 is 1.50 bits per heavy atom. The molecule has 1 fully saturated rings. The lowest BCUT2D eigenvalue weighted by atomic mass is 10.0. The average Bonchev–Trinajstić information content (AvgIpc) is 2.94. The summed E-state index contributed by atoms with van der Waals surface area (Å²) < 4.78 is 16.4. The van der Waals surface area contributed by atoms with Gasteiger partial charge in [0.1, 0.15) is 5.52 Å². The Labute approximate surface area is 112 Å². The van der Waals surface area contributed by atoms with Crippen molar-refractivity contribution in [3.8, 4) is 6.07 Å². The van der Waals surface area contributed by atoms with Gasteiger partial charge in [-0.2, -0.15) is 5.26 Å². The van der Waals surface area contributed by atoms with Gasteiger partial charge in [0.25, 0.3) is 0 Å². The van der Waals surface area contributed by atoms with E-state index in [2.05, 4.69) is 27.0 Å². The normalized spacial score (nSPS) is 16.7. The average molecular weight is 308 g/mol. The minimum atomic E-state index is -0.316. The molecule has 0 N–H and O–H groups in total. The number of imidazole rings is 1. The van der Waals surface area contributed by atoms with Crippen molar-refractivity contribution < 1.29 is 4.39 Å². The lowest BCUT2D eigenvalue weighted by Crippen LogP contribution is -2.10. The van der Waals surface area contributed by atoms with Crippen molar-refractivity contribution in [1.29, 1.82) is 5.26 Å². The predicted molar refractivity (Wildman–Crippen MR) is 69.3 cm³/mol. The van der Waals surface area contributed by atoms with Crippen LogP contribution in [0, 0.1) is 22.6 Å². The Morgan fingerprint density at radius 2 is 2.28 bits per heavy atom. The molecule has 1 aromatic carbocycles. The third-order valence-electron chi connectivity index (χ3n) is 3.56. The van der Waals surface area contributed by atoms with Crippen molar-refractivity contribution in [2.24, 2.45) is 5.41 Å². The molecule has 0 spiro atoms. The largest absolute Gasteiger partial charge is 0.330 e. The number of nitriles is 1. The van der Waals surface area contributed by atoms with E-state index >= 15 is 0 Å². The number of fused-ring (bicyclic) bond motifs is 1. The standard InChI is InChI=1S/C13H11BrFN3/c14-9-5-10(15)12-11(6-9)18(8-17-12)7-13(1-2-13)3-4-16/h5-6,8H,1-3,7H2. The van der Waals surface area contributed by atoms with Crippen molar-refractivity contribution in [1.82, 2.24) is 9.55 Å². The number of halogens is 2. The molecule has 5 heteroatoms. The quantitative estimate of drug-likeness (QED) is 0.869. The van der Waals surface area contributed by atoms with Crippen molar-refractivity contribution in [2.45, 2.75) is 25.8 Å². The van der Waals surface area contributed by atoms with Crippen molar-refractivity contribution >= 4 is 27.0 Å². The van der Waals surface area contributed by atoms with Crippen LogP contribution in [0.2, 0.25) is 0 Å². The molecule has 0 atom stereocenters. The highest BCUT2D eigenvalue weighted by Gasteiger charge is 2.42. The maximum atomic E-state index is 13.7. The number of hydrogen-bond acceptors (Lipinski definition) is 2. The van der Waals surface area contributed by atoms with E-state index in [9.17, 15) is 4.39 Å². The Hall–Kier alpha value is -1.41. The summed E-state index contributed by atoms with van der Waals surface area (Å²) in [6.45, 7) is 0.743. The summed E-state index contributed by atoms with van der Waals surface area (Å²) in [5, 5.41) is 8.83. The third-order valence-corrected chi connectivity index (χ3v) is 4.02. The molecule has 2 aromatic rings. The van der Waals surface area contributed by atoms with Gasteiger partial charge >= 0.3 is 0 Å².